The number of anilines is 1. The summed E-state index contributed by atoms with van der Waals surface area (Å²) in [6.45, 7) is 7.09. The van der Waals surface area contributed by atoms with Crippen molar-refractivity contribution in [1.82, 2.24) is 39.9 Å². The molecule has 1 aliphatic carbocycles. The van der Waals surface area contributed by atoms with Gasteiger partial charge in [0.25, 0.3) is 0 Å². The fourth-order valence-corrected chi connectivity index (χ4v) is 6.77. The summed E-state index contributed by atoms with van der Waals surface area (Å²) in [4.78, 5) is 28.2. The predicted molar refractivity (Wildman–Crippen MR) is 164 cm³/mol. The fourth-order valence-electron chi connectivity index (χ4n) is 6.10. The number of imidazole rings is 1. The third kappa shape index (κ3) is 4.74. The molecule has 11 heteroatoms. The number of aromatic nitrogens is 6. The SMILES string of the molecule is C=CC(=O)N1CCC(NC2CCc3cc(-n4c(-c5cccnc5N)nc5ccc(-c6nnc(C)s6)nc54)ccc32)CC1. The predicted octanol–water partition coefficient (Wildman–Crippen LogP) is 4.65. The molecule has 0 radical (unpaired) electrons. The number of nitrogens with one attached hydrogen (secondary N) is 1. The minimum atomic E-state index is 0.0201. The van der Waals surface area contributed by atoms with Crippen LogP contribution >= 0.6 is 11.3 Å². The molecule has 3 N–H and O–H groups in total. The van der Waals surface area contributed by atoms with E-state index < -0.39 is 0 Å². The first-order chi connectivity index (χ1) is 20.5. The molecular weight excluding hydrogens is 546 g/mol. The molecule has 1 unspecified atom stereocenters. The number of nitrogen functional groups attached to an aromatic ring is 1. The minimum Gasteiger partial charge on any atom is -0.383 e. The molecule has 1 atom stereocenters. The number of likely N-dealkylation sites (tertiary alicyclic amines) is 1. The Hall–Kier alpha value is -4.48. The van der Waals surface area contributed by atoms with Gasteiger partial charge in [-0.25, -0.2) is 15.0 Å². The number of carbonyl (C=O) groups is 1. The van der Waals surface area contributed by atoms with Gasteiger partial charge < -0.3 is 16.0 Å². The minimum absolute atomic E-state index is 0.0201. The van der Waals surface area contributed by atoms with Crippen LogP contribution in [0.25, 0.3) is 38.9 Å². The van der Waals surface area contributed by atoms with Crippen molar-refractivity contribution >= 4 is 34.2 Å². The van der Waals surface area contributed by atoms with Gasteiger partial charge in [0.1, 0.15) is 22.0 Å². The maximum absolute atomic E-state index is 12.0. The van der Waals surface area contributed by atoms with E-state index in [4.69, 9.17) is 15.7 Å². The Labute approximate surface area is 247 Å². The normalized spacial score (nSPS) is 17.1. The van der Waals surface area contributed by atoms with Crippen LogP contribution in [-0.2, 0) is 11.2 Å². The summed E-state index contributed by atoms with van der Waals surface area (Å²) in [5, 5.41) is 14.0. The zero-order valence-corrected chi connectivity index (χ0v) is 24.1. The molecule has 1 saturated heterocycles. The smallest absolute Gasteiger partial charge is 0.245 e. The van der Waals surface area contributed by atoms with Crippen LogP contribution in [0.2, 0.25) is 0 Å². The van der Waals surface area contributed by atoms with E-state index in [0.717, 1.165) is 76.9 Å². The van der Waals surface area contributed by atoms with Crippen LogP contribution in [0.5, 0.6) is 0 Å². The number of piperidine rings is 1. The van der Waals surface area contributed by atoms with Crippen molar-refractivity contribution in [1.29, 1.82) is 0 Å². The van der Waals surface area contributed by atoms with E-state index in [1.54, 1.807) is 6.20 Å². The summed E-state index contributed by atoms with van der Waals surface area (Å²) < 4.78 is 2.08. The Bertz CT molecular complexity index is 1820. The van der Waals surface area contributed by atoms with Gasteiger partial charge in [0, 0.05) is 37.1 Å². The van der Waals surface area contributed by atoms with E-state index in [1.807, 2.05) is 36.1 Å². The first-order valence-corrected chi connectivity index (χ1v) is 15.0. The van der Waals surface area contributed by atoms with E-state index in [9.17, 15) is 4.79 Å². The van der Waals surface area contributed by atoms with Crippen LogP contribution in [0.1, 0.15) is 41.4 Å². The number of nitrogens with zero attached hydrogens (tertiary/aromatic N) is 7. The number of carbonyl (C=O) groups excluding carboxylic acids is 1. The number of benzene rings is 1. The number of nitrogens with two attached hydrogens (primary N) is 1. The Kier molecular flexibility index (Phi) is 6.75. The molecule has 10 nitrogen and oxygen atoms in total. The molecule has 4 aromatic heterocycles. The van der Waals surface area contributed by atoms with E-state index in [0.29, 0.717) is 23.7 Å². The molecule has 7 rings (SSSR count). The van der Waals surface area contributed by atoms with Crippen LogP contribution in [0.15, 0.2) is 61.3 Å². The standard InChI is InChI=1S/C31H31N9OS/c1-3-27(41)39-15-12-20(13-16-39)34-24-9-6-19-17-21(7-8-22(19)24)40-29(23-5-4-14-33-28(23)32)35-25-10-11-26(36-30(25)40)31-38-37-18(2)42-31/h3-5,7-8,10-11,14,17,20,24,34H,1,6,9,12-13,15-16H2,2H3,(H2,32,33). The largest absolute Gasteiger partial charge is 0.383 e. The summed E-state index contributed by atoms with van der Waals surface area (Å²) in [7, 11) is 0. The molecule has 1 amide bonds. The van der Waals surface area contributed by atoms with E-state index in [2.05, 4.69) is 49.8 Å². The maximum atomic E-state index is 12.0. The van der Waals surface area contributed by atoms with Crippen LogP contribution in [0.4, 0.5) is 5.82 Å². The van der Waals surface area contributed by atoms with Gasteiger partial charge in [-0.15, -0.1) is 10.2 Å². The first-order valence-electron chi connectivity index (χ1n) is 14.2. The van der Waals surface area contributed by atoms with Crippen molar-refractivity contribution in [3.63, 3.8) is 0 Å². The van der Waals surface area contributed by atoms with Gasteiger partial charge in [-0.3, -0.25) is 9.36 Å². The zero-order valence-electron chi connectivity index (χ0n) is 23.3. The number of fused-ring (bicyclic) bond motifs is 2. The fraction of sp³-hybridized carbons (Fsp3) is 0.290. The lowest BCUT2D eigenvalue weighted by atomic mass is 10.0. The molecule has 212 valence electrons. The second kappa shape index (κ2) is 10.7. The van der Waals surface area contributed by atoms with Crippen LogP contribution in [0, 0.1) is 6.92 Å². The highest BCUT2D eigenvalue weighted by molar-refractivity contribution is 7.14. The molecule has 0 saturated carbocycles. The van der Waals surface area contributed by atoms with Gasteiger partial charge in [-0.1, -0.05) is 24.0 Å². The highest BCUT2D eigenvalue weighted by Gasteiger charge is 2.29. The van der Waals surface area contributed by atoms with Gasteiger partial charge in [0.05, 0.1) is 5.56 Å². The molecule has 1 fully saturated rings. The summed E-state index contributed by atoms with van der Waals surface area (Å²) in [6, 6.07) is 15.0. The van der Waals surface area contributed by atoms with Crippen LogP contribution in [0.3, 0.4) is 0 Å². The Balaban J connectivity index is 1.24. The molecule has 0 bridgehead atoms. The molecule has 1 aliphatic heterocycles. The van der Waals surface area contributed by atoms with Gasteiger partial charge in [0.2, 0.25) is 5.91 Å². The first kappa shape index (κ1) is 26.4. The lowest BCUT2D eigenvalue weighted by Crippen LogP contribution is -2.45. The molecule has 1 aromatic carbocycles. The third-order valence-corrected chi connectivity index (χ3v) is 9.07. The number of hydrogen-bond donors (Lipinski definition) is 2. The molecule has 42 heavy (non-hydrogen) atoms. The number of aryl methyl sites for hydroxylation is 2. The van der Waals surface area contributed by atoms with Crippen molar-refractivity contribution in [3.05, 3.63) is 77.5 Å². The zero-order chi connectivity index (χ0) is 28.8. The highest BCUT2D eigenvalue weighted by atomic mass is 32.1. The molecular formula is C31H31N9OS. The second-order valence-corrected chi connectivity index (χ2v) is 12.0. The topological polar surface area (TPSA) is 128 Å². The van der Waals surface area contributed by atoms with Gasteiger partial charge in [0.15, 0.2) is 16.5 Å². The average Bonchev–Trinajstić information content (AvgIpc) is 3.73. The maximum Gasteiger partial charge on any atom is 0.245 e. The Morgan fingerprint density at radius 3 is 2.74 bits per heavy atom. The van der Waals surface area contributed by atoms with E-state index in [-0.39, 0.29) is 5.91 Å². The second-order valence-electron chi connectivity index (χ2n) is 10.8. The van der Waals surface area contributed by atoms with Crippen LogP contribution in [-0.4, -0.2) is 59.7 Å². The average molecular weight is 578 g/mol. The van der Waals surface area contributed by atoms with Crippen molar-refractivity contribution in [2.75, 3.05) is 18.8 Å². The van der Waals surface area contributed by atoms with Crippen molar-refractivity contribution in [2.24, 2.45) is 0 Å². The van der Waals surface area contributed by atoms with E-state index >= 15 is 0 Å². The number of pyridine rings is 2. The van der Waals surface area contributed by atoms with Gasteiger partial charge >= 0.3 is 0 Å². The van der Waals surface area contributed by atoms with Crippen molar-refractivity contribution in [2.45, 2.75) is 44.7 Å². The Morgan fingerprint density at radius 1 is 1.12 bits per heavy atom. The van der Waals surface area contributed by atoms with E-state index in [1.165, 1.54) is 28.5 Å². The molecule has 2 aliphatic rings. The number of hydrogen-bond acceptors (Lipinski definition) is 9. The van der Waals surface area contributed by atoms with Crippen molar-refractivity contribution in [3.8, 4) is 27.8 Å². The molecule has 5 heterocycles. The summed E-state index contributed by atoms with van der Waals surface area (Å²) in [6.07, 6.45) is 7.00. The quantitative estimate of drug-likeness (QED) is 0.279. The molecule has 5 aromatic rings. The lowest BCUT2D eigenvalue weighted by Gasteiger charge is -2.33. The highest BCUT2D eigenvalue weighted by Crippen LogP contribution is 2.37. The van der Waals surface area contributed by atoms with Crippen LogP contribution < -0.4 is 11.1 Å². The lowest BCUT2D eigenvalue weighted by molar-refractivity contribution is -0.127. The monoisotopic (exact) mass is 577 g/mol. The number of rotatable bonds is 6. The summed E-state index contributed by atoms with van der Waals surface area (Å²) in [5.41, 5.74) is 13.0. The number of amides is 1. The summed E-state index contributed by atoms with van der Waals surface area (Å²) >= 11 is 1.51. The summed E-state index contributed by atoms with van der Waals surface area (Å²) in [5.74, 6) is 1.13. The van der Waals surface area contributed by atoms with Crippen molar-refractivity contribution < 1.29 is 4.79 Å². The van der Waals surface area contributed by atoms with Gasteiger partial charge in [-0.2, -0.15) is 0 Å². The third-order valence-electron chi connectivity index (χ3n) is 8.21. The molecule has 0 spiro atoms. The Morgan fingerprint density at radius 2 is 1.98 bits per heavy atom. The van der Waals surface area contributed by atoms with Gasteiger partial charge in [-0.05, 0) is 86.2 Å².